The van der Waals surface area contributed by atoms with Crippen LogP contribution in [0, 0.1) is 6.92 Å². The maximum absolute atomic E-state index is 10.3. The predicted octanol–water partition coefficient (Wildman–Crippen LogP) is 3.59. The molecule has 21 heavy (non-hydrogen) atoms. The van der Waals surface area contributed by atoms with E-state index in [1.807, 2.05) is 37.3 Å². The van der Waals surface area contributed by atoms with Crippen LogP contribution in [0.15, 0.2) is 46.9 Å². The number of ether oxygens (including phenoxy) is 1. The summed E-state index contributed by atoms with van der Waals surface area (Å²) in [5.41, 5.74) is 3.11. The van der Waals surface area contributed by atoms with Gasteiger partial charge in [0.25, 0.3) is 0 Å². The molecule has 0 spiro atoms. The fourth-order valence-electron chi connectivity index (χ4n) is 2.18. The van der Waals surface area contributed by atoms with E-state index in [0.717, 1.165) is 27.9 Å². The van der Waals surface area contributed by atoms with Gasteiger partial charge in [0.05, 0.1) is 13.2 Å². The molecule has 112 valence electrons. The lowest BCUT2D eigenvalue weighted by Gasteiger charge is -2.16. The van der Waals surface area contributed by atoms with Crippen LogP contribution < -0.4 is 10.1 Å². The predicted molar refractivity (Wildman–Crippen MR) is 88.5 cm³/mol. The van der Waals surface area contributed by atoms with Gasteiger partial charge in [0, 0.05) is 23.1 Å². The Labute approximate surface area is 134 Å². The highest BCUT2D eigenvalue weighted by Crippen LogP contribution is 2.25. The van der Waals surface area contributed by atoms with Gasteiger partial charge in [-0.25, -0.2) is 0 Å². The monoisotopic (exact) mass is 349 g/mol. The van der Waals surface area contributed by atoms with Crippen LogP contribution in [0.3, 0.4) is 0 Å². The number of halogens is 1. The maximum atomic E-state index is 10.3. The lowest BCUT2D eigenvalue weighted by molar-refractivity contribution is 0.170. The van der Waals surface area contributed by atoms with Crippen molar-refractivity contribution in [3.8, 4) is 5.75 Å². The quantitative estimate of drug-likeness (QED) is 0.837. The summed E-state index contributed by atoms with van der Waals surface area (Å²) in [4.78, 5) is 0. The van der Waals surface area contributed by atoms with Crippen molar-refractivity contribution in [1.82, 2.24) is 5.32 Å². The Hall–Kier alpha value is -1.36. The maximum Gasteiger partial charge on any atom is 0.124 e. The van der Waals surface area contributed by atoms with Crippen LogP contribution in [0.25, 0.3) is 0 Å². The third-order valence-corrected chi connectivity index (χ3v) is 3.85. The van der Waals surface area contributed by atoms with Crippen molar-refractivity contribution in [3.05, 3.63) is 63.6 Å². The minimum atomic E-state index is -0.588. The summed E-state index contributed by atoms with van der Waals surface area (Å²) >= 11 is 3.42. The van der Waals surface area contributed by atoms with Gasteiger partial charge in [-0.05, 0) is 36.8 Å². The topological polar surface area (TPSA) is 41.5 Å². The average molecular weight is 350 g/mol. The first-order valence-corrected chi connectivity index (χ1v) is 7.67. The molecule has 0 fully saturated rings. The van der Waals surface area contributed by atoms with Crippen LogP contribution in [0.1, 0.15) is 22.8 Å². The van der Waals surface area contributed by atoms with Crippen LogP contribution in [0.2, 0.25) is 0 Å². The van der Waals surface area contributed by atoms with Crippen molar-refractivity contribution >= 4 is 15.9 Å². The first-order chi connectivity index (χ1) is 10.1. The minimum Gasteiger partial charge on any atom is -0.496 e. The molecule has 0 bridgehead atoms. The van der Waals surface area contributed by atoms with E-state index in [4.69, 9.17) is 4.74 Å². The highest BCUT2D eigenvalue weighted by atomic mass is 79.9. The highest BCUT2D eigenvalue weighted by Gasteiger charge is 2.13. The van der Waals surface area contributed by atoms with Crippen molar-refractivity contribution in [2.45, 2.75) is 19.6 Å². The summed E-state index contributed by atoms with van der Waals surface area (Å²) in [5, 5.41) is 13.6. The van der Waals surface area contributed by atoms with Gasteiger partial charge in [-0.15, -0.1) is 0 Å². The van der Waals surface area contributed by atoms with Gasteiger partial charge in [-0.2, -0.15) is 0 Å². The summed E-state index contributed by atoms with van der Waals surface area (Å²) < 4.78 is 6.37. The second kappa shape index (κ2) is 7.59. The third kappa shape index (κ3) is 4.56. The minimum absolute atomic E-state index is 0.482. The van der Waals surface area contributed by atoms with Crippen LogP contribution in [-0.2, 0) is 6.54 Å². The summed E-state index contributed by atoms with van der Waals surface area (Å²) in [7, 11) is 1.62. The van der Waals surface area contributed by atoms with Gasteiger partial charge in [0.2, 0.25) is 0 Å². The van der Waals surface area contributed by atoms with Crippen molar-refractivity contribution in [3.63, 3.8) is 0 Å². The number of aliphatic hydroxyl groups excluding tert-OH is 1. The zero-order valence-electron chi connectivity index (χ0n) is 12.3. The molecule has 2 rings (SSSR count). The van der Waals surface area contributed by atoms with Crippen molar-refractivity contribution in [2.75, 3.05) is 13.7 Å². The van der Waals surface area contributed by atoms with Crippen molar-refractivity contribution in [2.24, 2.45) is 0 Å². The first-order valence-electron chi connectivity index (χ1n) is 6.88. The van der Waals surface area contributed by atoms with Gasteiger partial charge in [0.15, 0.2) is 0 Å². The van der Waals surface area contributed by atoms with E-state index in [1.54, 1.807) is 7.11 Å². The molecule has 2 N–H and O–H groups in total. The number of rotatable bonds is 6. The number of nitrogens with one attached hydrogen (secondary N) is 1. The standard InChI is InChI=1S/C17H20BrNO2/c1-12-3-8-17(21-2)15(9-12)16(20)11-19-10-13-4-6-14(18)7-5-13/h3-9,16,19-20H,10-11H2,1-2H3. The summed E-state index contributed by atoms with van der Waals surface area (Å²) in [6, 6.07) is 14.0. The van der Waals surface area contributed by atoms with Gasteiger partial charge < -0.3 is 15.2 Å². The number of hydrogen-bond donors (Lipinski definition) is 2. The molecule has 3 nitrogen and oxygen atoms in total. The Kier molecular flexibility index (Phi) is 5.79. The molecule has 1 unspecified atom stereocenters. The molecule has 0 aliphatic heterocycles. The molecule has 0 aliphatic rings. The molecule has 0 amide bonds. The van der Waals surface area contributed by atoms with Crippen LogP contribution in [0.4, 0.5) is 0 Å². The molecule has 4 heteroatoms. The van der Waals surface area contributed by atoms with E-state index in [-0.39, 0.29) is 0 Å². The van der Waals surface area contributed by atoms with Crippen LogP contribution >= 0.6 is 15.9 Å². The van der Waals surface area contributed by atoms with Gasteiger partial charge in [-0.1, -0.05) is 39.7 Å². The molecular formula is C17H20BrNO2. The summed E-state index contributed by atoms with van der Waals surface area (Å²) in [6.07, 6.45) is -0.588. The summed E-state index contributed by atoms with van der Waals surface area (Å²) in [5.74, 6) is 0.721. The lowest BCUT2D eigenvalue weighted by atomic mass is 10.0. The Morgan fingerprint density at radius 2 is 1.90 bits per heavy atom. The molecule has 0 heterocycles. The van der Waals surface area contributed by atoms with Gasteiger partial charge >= 0.3 is 0 Å². The zero-order valence-corrected chi connectivity index (χ0v) is 13.9. The zero-order chi connectivity index (χ0) is 15.2. The van der Waals surface area contributed by atoms with E-state index in [1.165, 1.54) is 5.56 Å². The first kappa shape index (κ1) is 16.0. The number of methoxy groups -OCH3 is 1. The molecule has 0 saturated carbocycles. The van der Waals surface area contributed by atoms with Crippen molar-refractivity contribution < 1.29 is 9.84 Å². The second-order valence-electron chi connectivity index (χ2n) is 5.02. The third-order valence-electron chi connectivity index (χ3n) is 3.32. The molecule has 0 radical (unpaired) electrons. The Balaban J connectivity index is 1.94. The summed E-state index contributed by atoms with van der Waals surface area (Å²) in [6.45, 7) is 3.21. The Morgan fingerprint density at radius 3 is 2.57 bits per heavy atom. The fraction of sp³-hybridized carbons (Fsp3) is 0.294. The van der Waals surface area contributed by atoms with Crippen molar-refractivity contribution in [1.29, 1.82) is 0 Å². The molecule has 0 aromatic heterocycles. The van der Waals surface area contributed by atoms with E-state index in [9.17, 15) is 5.11 Å². The van der Waals surface area contributed by atoms with E-state index in [0.29, 0.717) is 6.54 Å². The van der Waals surface area contributed by atoms with Crippen LogP contribution in [0.5, 0.6) is 5.75 Å². The number of benzene rings is 2. The molecule has 1 atom stereocenters. The number of aryl methyl sites for hydroxylation is 1. The Morgan fingerprint density at radius 1 is 1.19 bits per heavy atom. The second-order valence-corrected chi connectivity index (χ2v) is 5.93. The highest BCUT2D eigenvalue weighted by molar-refractivity contribution is 9.10. The van der Waals surface area contributed by atoms with Gasteiger partial charge in [-0.3, -0.25) is 0 Å². The molecule has 0 saturated heterocycles. The molecular weight excluding hydrogens is 330 g/mol. The molecule has 2 aromatic rings. The van der Waals surface area contributed by atoms with E-state index in [2.05, 4.69) is 33.4 Å². The average Bonchev–Trinajstić information content (AvgIpc) is 2.49. The SMILES string of the molecule is COc1ccc(C)cc1C(O)CNCc1ccc(Br)cc1. The normalized spacial score (nSPS) is 12.2. The van der Waals surface area contributed by atoms with Crippen LogP contribution in [-0.4, -0.2) is 18.8 Å². The van der Waals surface area contributed by atoms with E-state index < -0.39 is 6.10 Å². The fourth-order valence-corrected chi connectivity index (χ4v) is 2.44. The lowest BCUT2D eigenvalue weighted by Crippen LogP contribution is -2.21. The van der Waals surface area contributed by atoms with Gasteiger partial charge in [0.1, 0.15) is 5.75 Å². The largest absolute Gasteiger partial charge is 0.496 e. The van der Waals surface area contributed by atoms with E-state index >= 15 is 0 Å². The smallest absolute Gasteiger partial charge is 0.124 e. The number of aliphatic hydroxyl groups is 1. The molecule has 2 aromatic carbocycles. The Bertz CT molecular complexity index is 584. The molecule has 0 aliphatic carbocycles. The number of hydrogen-bond acceptors (Lipinski definition) is 3.